The third kappa shape index (κ3) is 5.74. The van der Waals surface area contributed by atoms with Crippen molar-refractivity contribution in [2.24, 2.45) is 11.3 Å². The maximum absolute atomic E-state index is 12.3. The Morgan fingerprint density at radius 1 is 1.35 bits per heavy atom. The average Bonchev–Trinajstić information content (AvgIpc) is 2.93. The lowest BCUT2D eigenvalue weighted by atomic mass is 9.87. The highest BCUT2D eigenvalue weighted by atomic mass is 16.6. The van der Waals surface area contributed by atoms with Crippen molar-refractivity contribution in [3.63, 3.8) is 0 Å². The van der Waals surface area contributed by atoms with Gasteiger partial charge in [0.1, 0.15) is 11.0 Å². The van der Waals surface area contributed by atoms with Crippen molar-refractivity contribution in [3.05, 3.63) is 0 Å². The van der Waals surface area contributed by atoms with E-state index in [0.29, 0.717) is 25.9 Å². The second-order valence-corrected chi connectivity index (χ2v) is 7.58. The molecule has 1 atom stereocenters. The molecule has 6 heteroatoms. The SMILES string of the molecule is C[C@@H](CNC(=O)C1(C#N)CCCC1)CN(C)C(=O)OC(C)(C)C. The zero-order valence-electron chi connectivity index (χ0n) is 14.9. The summed E-state index contributed by atoms with van der Waals surface area (Å²) in [6.07, 6.45) is 2.76. The highest BCUT2D eigenvalue weighted by Gasteiger charge is 2.41. The molecule has 1 N–H and O–H groups in total. The molecule has 23 heavy (non-hydrogen) atoms. The lowest BCUT2D eigenvalue weighted by Crippen LogP contribution is -2.43. The van der Waals surface area contributed by atoms with E-state index in [9.17, 15) is 14.9 Å². The highest BCUT2D eigenvalue weighted by molar-refractivity contribution is 5.85. The van der Waals surface area contributed by atoms with E-state index in [1.807, 2.05) is 27.7 Å². The second-order valence-electron chi connectivity index (χ2n) is 7.58. The van der Waals surface area contributed by atoms with Gasteiger partial charge in [-0.05, 0) is 39.5 Å². The van der Waals surface area contributed by atoms with Crippen LogP contribution in [-0.2, 0) is 9.53 Å². The standard InChI is InChI=1S/C17H29N3O3/c1-13(11-20(5)15(22)23-16(2,3)4)10-19-14(21)17(12-18)8-6-7-9-17/h13H,6-11H2,1-5H3,(H,19,21)/t13-/m0/s1. The van der Waals surface area contributed by atoms with Gasteiger partial charge in [0.2, 0.25) is 5.91 Å². The van der Waals surface area contributed by atoms with Crippen LogP contribution < -0.4 is 5.32 Å². The van der Waals surface area contributed by atoms with E-state index in [-0.39, 0.29) is 17.9 Å². The summed E-state index contributed by atoms with van der Waals surface area (Å²) in [6, 6.07) is 2.19. The van der Waals surface area contributed by atoms with Crippen LogP contribution in [-0.4, -0.2) is 42.6 Å². The van der Waals surface area contributed by atoms with Gasteiger partial charge in [-0.15, -0.1) is 0 Å². The normalized spacial score (nSPS) is 17.9. The van der Waals surface area contributed by atoms with Crippen molar-refractivity contribution in [1.82, 2.24) is 10.2 Å². The number of ether oxygens (including phenoxy) is 1. The van der Waals surface area contributed by atoms with Crippen molar-refractivity contribution in [2.45, 2.75) is 59.0 Å². The van der Waals surface area contributed by atoms with Crippen molar-refractivity contribution < 1.29 is 14.3 Å². The van der Waals surface area contributed by atoms with E-state index in [1.165, 1.54) is 4.90 Å². The molecule has 1 aliphatic carbocycles. The first-order chi connectivity index (χ1) is 10.6. The lowest BCUT2D eigenvalue weighted by molar-refractivity contribution is -0.128. The minimum Gasteiger partial charge on any atom is -0.444 e. The summed E-state index contributed by atoms with van der Waals surface area (Å²) in [6.45, 7) is 8.35. The van der Waals surface area contributed by atoms with Crippen LogP contribution in [0, 0.1) is 22.7 Å². The van der Waals surface area contributed by atoms with Gasteiger partial charge < -0.3 is 15.0 Å². The van der Waals surface area contributed by atoms with Crippen molar-refractivity contribution in [1.29, 1.82) is 5.26 Å². The highest BCUT2D eigenvalue weighted by Crippen LogP contribution is 2.37. The maximum Gasteiger partial charge on any atom is 0.410 e. The molecular formula is C17H29N3O3. The molecule has 0 aromatic rings. The fraction of sp³-hybridized carbons (Fsp3) is 0.824. The Balaban J connectivity index is 2.42. The van der Waals surface area contributed by atoms with Gasteiger partial charge in [-0.25, -0.2) is 4.79 Å². The molecule has 1 fully saturated rings. The van der Waals surface area contributed by atoms with Gasteiger partial charge in [-0.1, -0.05) is 19.8 Å². The van der Waals surface area contributed by atoms with Crippen molar-refractivity contribution in [3.8, 4) is 6.07 Å². The average molecular weight is 323 g/mol. The zero-order chi connectivity index (χ0) is 17.7. The summed E-state index contributed by atoms with van der Waals surface area (Å²) in [4.78, 5) is 25.7. The number of carbonyl (C=O) groups excluding carboxylic acids is 2. The lowest BCUT2D eigenvalue weighted by Gasteiger charge is -2.27. The Morgan fingerprint density at radius 3 is 2.39 bits per heavy atom. The molecule has 0 bridgehead atoms. The third-order valence-corrected chi connectivity index (χ3v) is 4.01. The minimum absolute atomic E-state index is 0.0774. The van der Waals surface area contributed by atoms with Crippen LogP contribution >= 0.6 is 0 Å². The molecule has 0 spiro atoms. The van der Waals surface area contributed by atoms with Crippen LogP contribution in [0.5, 0.6) is 0 Å². The van der Waals surface area contributed by atoms with E-state index in [4.69, 9.17) is 4.74 Å². The fourth-order valence-electron chi connectivity index (χ4n) is 2.75. The monoisotopic (exact) mass is 323 g/mol. The Morgan fingerprint density at radius 2 is 1.91 bits per heavy atom. The van der Waals surface area contributed by atoms with Crippen LogP contribution in [0.15, 0.2) is 0 Å². The summed E-state index contributed by atoms with van der Waals surface area (Å²) in [5.41, 5.74) is -1.37. The van der Waals surface area contributed by atoms with E-state index in [1.54, 1.807) is 7.05 Å². The number of hydrogen-bond donors (Lipinski definition) is 1. The molecule has 0 aliphatic heterocycles. The first kappa shape index (κ1) is 19.3. The molecule has 0 heterocycles. The van der Waals surface area contributed by atoms with Gasteiger partial charge in [0.05, 0.1) is 6.07 Å². The number of carbonyl (C=O) groups is 2. The first-order valence-corrected chi connectivity index (χ1v) is 8.23. The Bertz CT molecular complexity index is 470. The molecule has 0 radical (unpaired) electrons. The minimum atomic E-state index is -0.850. The molecule has 0 aromatic heterocycles. The van der Waals surface area contributed by atoms with Gasteiger partial charge in [0, 0.05) is 20.1 Å². The van der Waals surface area contributed by atoms with Gasteiger partial charge in [0.15, 0.2) is 0 Å². The van der Waals surface area contributed by atoms with Gasteiger partial charge in [-0.3, -0.25) is 4.79 Å². The fourth-order valence-corrected chi connectivity index (χ4v) is 2.75. The molecule has 1 saturated carbocycles. The third-order valence-electron chi connectivity index (χ3n) is 4.01. The Labute approximate surface area is 139 Å². The van der Waals surface area contributed by atoms with Crippen molar-refractivity contribution in [2.75, 3.05) is 20.1 Å². The smallest absolute Gasteiger partial charge is 0.410 e. The van der Waals surface area contributed by atoms with Crippen LogP contribution in [0.25, 0.3) is 0 Å². The van der Waals surface area contributed by atoms with E-state index in [2.05, 4.69) is 11.4 Å². The van der Waals surface area contributed by atoms with Gasteiger partial charge in [-0.2, -0.15) is 5.26 Å². The van der Waals surface area contributed by atoms with Crippen LogP contribution in [0.4, 0.5) is 4.79 Å². The number of nitrogens with one attached hydrogen (secondary N) is 1. The summed E-state index contributed by atoms with van der Waals surface area (Å²) < 4.78 is 5.30. The van der Waals surface area contributed by atoms with E-state index >= 15 is 0 Å². The van der Waals surface area contributed by atoms with Gasteiger partial charge in [0.25, 0.3) is 0 Å². The number of rotatable bonds is 5. The Kier molecular flexibility index (Phi) is 6.43. The van der Waals surface area contributed by atoms with E-state index in [0.717, 1.165) is 12.8 Å². The first-order valence-electron chi connectivity index (χ1n) is 8.23. The topological polar surface area (TPSA) is 82.4 Å². The molecule has 2 amide bonds. The predicted octanol–water partition coefficient (Wildman–Crippen LogP) is 2.69. The number of hydrogen-bond acceptors (Lipinski definition) is 4. The van der Waals surface area contributed by atoms with Crippen LogP contribution in [0.1, 0.15) is 53.4 Å². The molecule has 1 aliphatic rings. The summed E-state index contributed by atoms with van der Waals surface area (Å²) >= 11 is 0. The Hall–Kier alpha value is -1.77. The van der Waals surface area contributed by atoms with Gasteiger partial charge >= 0.3 is 6.09 Å². The predicted molar refractivity (Wildman–Crippen MR) is 87.6 cm³/mol. The summed E-state index contributed by atoms with van der Waals surface area (Å²) in [5.74, 6) is -0.0992. The quantitative estimate of drug-likeness (QED) is 0.843. The number of nitriles is 1. The van der Waals surface area contributed by atoms with E-state index < -0.39 is 11.0 Å². The zero-order valence-corrected chi connectivity index (χ0v) is 14.9. The molecule has 0 saturated heterocycles. The van der Waals surface area contributed by atoms with Crippen molar-refractivity contribution >= 4 is 12.0 Å². The summed E-state index contributed by atoms with van der Waals surface area (Å²) in [5, 5.41) is 12.2. The van der Waals surface area contributed by atoms with Crippen LogP contribution in [0.3, 0.4) is 0 Å². The molecule has 6 nitrogen and oxygen atoms in total. The second kappa shape index (κ2) is 7.67. The summed E-state index contributed by atoms with van der Waals surface area (Å²) in [7, 11) is 1.68. The molecule has 1 rings (SSSR count). The number of amides is 2. The molecule has 130 valence electrons. The molecule has 0 unspecified atom stereocenters. The molecule has 0 aromatic carbocycles. The van der Waals surface area contributed by atoms with Crippen LogP contribution in [0.2, 0.25) is 0 Å². The maximum atomic E-state index is 12.3. The largest absolute Gasteiger partial charge is 0.444 e. The molecular weight excluding hydrogens is 294 g/mol. The number of nitrogens with zero attached hydrogens (tertiary/aromatic N) is 2.